The molecule has 2 heterocycles. The summed E-state index contributed by atoms with van der Waals surface area (Å²) >= 11 is 1.64. The van der Waals surface area contributed by atoms with E-state index < -0.39 is 0 Å². The molecule has 0 radical (unpaired) electrons. The fourth-order valence-corrected chi connectivity index (χ4v) is 3.38. The molecule has 0 saturated heterocycles. The Morgan fingerprint density at radius 3 is 2.74 bits per heavy atom. The lowest BCUT2D eigenvalue weighted by Crippen LogP contribution is -2.02. The van der Waals surface area contributed by atoms with Crippen molar-refractivity contribution in [1.29, 1.82) is 0 Å². The van der Waals surface area contributed by atoms with E-state index in [0.29, 0.717) is 0 Å². The van der Waals surface area contributed by atoms with Crippen molar-refractivity contribution in [3.8, 4) is 17.1 Å². The second-order valence-electron chi connectivity index (χ2n) is 4.99. The first-order valence-electron chi connectivity index (χ1n) is 7.40. The molecule has 1 aromatic carbocycles. The molecule has 0 bridgehead atoms. The van der Waals surface area contributed by atoms with Gasteiger partial charge in [-0.3, -0.25) is 0 Å². The van der Waals surface area contributed by atoms with Crippen LogP contribution in [0.4, 0.5) is 0 Å². The Labute approximate surface area is 139 Å². The molecule has 0 amide bonds. The highest BCUT2D eigenvalue weighted by Gasteiger charge is 2.16. The molecule has 0 unspecified atom stereocenters. The lowest BCUT2D eigenvalue weighted by Gasteiger charge is -2.10. The van der Waals surface area contributed by atoms with Crippen molar-refractivity contribution in [3.63, 3.8) is 0 Å². The van der Waals surface area contributed by atoms with Gasteiger partial charge in [-0.1, -0.05) is 23.9 Å². The summed E-state index contributed by atoms with van der Waals surface area (Å²) in [5.74, 6) is 3.40. The van der Waals surface area contributed by atoms with Crippen LogP contribution in [0.5, 0.6) is 5.75 Å². The summed E-state index contributed by atoms with van der Waals surface area (Å²) in [4.78, 5) is 4.34. The summed E-state index contributed by atoms with van der Waals surface area (Å²) in [6.07, 6.45) is 3.75. The predicted molar refractivity (Wildman–Crippen MR) is 90.5 cm³/mol. The number of para-hydroxylation sites is 1. The van der Waals surface area contributed by atoms with Gasteiger partial charge in [0.2, 0.25) is 0 Å². The molecule has 0 aliphatic carbocycles. The topological polar surface area (TPSA) is 57.8 Å². The highest BCUT2D eigenvalue weighted by atomic mass is 32.2. The zero-order chi connectivity index (χ0) is 16.2. The van der Waals surface area contributed by atoms with Gasteiger partial charge >= 0.3 is 0 Å². The van der Waals surface area contributed by atoms with Crippen LogP contribution in [0.25, 0.3) is 11.4 Å². The molecule has 7 heteroatoms. The lowest BCUT2D eigenvalue weighted by atomic mass is 10.2. The van der Waals surface area contributed by atoms with Gasteiger partial charge < -0.3 is 13.9 Å². The van der Waals surface area contributed by atoms with Crippen molar-refractivity contribution in [2.45, 2.75) is 24.4 Å². The third-order valence-corrected chi connectivity index (χ3v) is 4.60. The van der Waals surface area contributed by atoms with Crippen molar-refractivity contribution in [2.75, 3.05) is 7.11 Å². The first kappa shape index (κ1) is 15.6. The molecule has 0 aliphatic rings. The molecule has 23 heavy (non-hydrogen) atoms. The van der Waals surface area contributed by atoms with E-state index in [1.54, 1.807) is 25.1 Å². The van der Waals surface area contributed by atoms with Gasteiger partial charge in [0.05, 0.1) is 18.4 Å². The minimum atomic E-state index is 0.757. The van der Waals surface area contributed by atoms with Crippen molar-refractivity contribution in [2.24, 2.45) is 7.05 Å². The van der Waals surface area contributed by atoms with E-state index in [1.807, 2.05) is 42.1 Å². The Hall–Kier alpha value is -2.28. The lowest BCUT2D eigenvalue weighted by molar-refractivity contribution is 0.416. The molecule has 0 spiro atoms. The number of nitrogens with zero attached hydrogens (tertiary/aromatic N) is 5. The van der Waals surface area contributed by atoms with Crippen LogP contribution in [-0.2, 0) is 19.3 Å². The number of aryl methyl sites for hydroxylation is 1. The zero-order valence-corrected chi connectivity index (χ0v) is 14.2. The average molecular weight is 329 g/mol. The summed E-state index contributed by atoms with van der Waals surface area (Å²) in [5, 5.41) is 9.61. The van der Waals surface area contributed by atoms with Crippen molar-refractivity contribution in [3.05, 3.63) is 42.5 Å². The quantitative estimate of drug-likeness (QED) is 0.651. The van der Waals surface area contributed by atoms with Crippen LogP contribution in [0, 0.1) is 0 Å². The number of benzene rings is 1. The summed E-state index contributed by atoms with van der Waals surface area (Å²) in [7, 11) is 3.66. The molecule has 120 valence electrons. The Kier molecular flexibility index (Phi) is 4.66. The fourth-order valence-electron chi connectivity index (χ4n) is 2.37. The van der Waals surface area contributed by atoms with Gasteiger partial charge in [0.1, 0.15) is 11.6 Å². The van der Waals surface area contributed by atoms with E-state index in [2.05, 4.69) is 26.7 Å². The van der Waals surface area contributed by atoms with E-state index in [0.717, 1.165) is 40.4 Å². The maximum Gasteiger partial charge on any atom is 0.191 e. The Bertz CT molecular complexity index is 795. The molecular weight excluding hydrogens is 310 g/mol. The van der Waals surface area contributed by atoms with E-state index in [9.17, 15) is 0 Å². The van der Waals surface area contributed by atoms with Gasteiger partial charge in [-0.15, -0.1) is 10.2 Å². The Balaban J connectivity index is 1.89. The normalized spacial score (nSPS) is 10.9. The standard InChI is InChI=1S/C16H19N5OS/c1-4-21-15(12-7-5-6-8-13(12)22-3)18-19-16(21)23-11-14-17-9-10-20(14)2/h5-10H,4,11H2,1-3H3. The van der Waals surface area contributed by atoms with Crippen LogP contribution in [0.2, 0.25) is 0 Å². The molecule has 0 saturated carbocycles. The highest BCUT2D eigenvalue weighted by Crippen LogP contribution is 2.31. The van der Waals surface area contributed by atoms with Gasteiger partial charge in [-0.25, -0.2) is 4.98 Å². The van der Waals surface area contributed by atoms with Gasteiger partial charge in [0, 0.05) is 26.0 Å². The molecule has 3 rings (SSSR count). The van der Waals surface area contributed by atoms with Crippen LogP contribution in [-0.4, -0.2) is 31.4 Å². The van der Waals surface area contributed by atoms with Gasteiger partial charge in [-0.2, -0.15) is 0 Å². The van der Waals surface area contributed by atoms with E-state index >= 15 is 0 Å². The molecule has 0 fully saturated rings. The molecule has 2 aromatic heterocycles. The van der Waals surface area contributed by atoms with Gasteiger partial charge in [0.15, 0.2) is 11.0 Å². The van der Waals surface area contributed by atoms with Crippen molar-refractivity contribution >= 4 is 11.8 Å². The van der Waals surface area contributed by atoms with E-state index in [-0.39, 0.29) is 0 Å². The molecular formula is C16H19N5OS. The van der Waals surface area contributed by atoms with Crippen molar-refractivity contribution in [1.82, 2.24) is 24.3 Å². The highest BCUT2D eigenvalue weighted by molar-refractivity contribution is 7.98. The third-order valence-electron chi connectivity index (χ3n) is 3.63. The largest absolute Gasteiger partial charge is 0.496 e. The number of methoxy groups -OCH3 is 1. The molecule has 0 atom stereocenters. The number of thioether (sulfide) groups is 1. The average Bonchev–Trinajstić information content (AvgIpc) is 3.18. The fraction of sp³-hybridized carbons (Fsp3) is 0.312. The number of rotatable bonds is 6. The van der Waals surface area contributed by atoms with Crippen LogP contribution < -0.4 is 4.74 Å². The van der Waals surface area contributed by atoms with E-state index in [1.165, 1.54) is 0 Å². The first-order valence-corrected chi connectivity index (χ1v) is 8.38. The second kappa shape index (κ2) is 6.87. The Morgan fingerprint density at radius 2 is 2.04 bits per heavy atom. The summed E-state index contributed by atoms with van der Waals surface area (Å²) in [5.41, 5.74) is 0.952. The maximum absolute atomic E-state index is 5.44. The molecule has 0 N–H and O–H groups in total. The Morgan fingerprint density at radius 1 is 1.22 bits per heavy atom. The van der Waals surface area contributed by atoms with Crippen LogP contribution in [0.1, 0.15) is 12.7 Å². The maximum atomic E-state index is 5.44. The minimum Gasteiger partial charge on any atom is -0.496 e. The monoisotopic (exact) mass is 329 g/mol. The number of imidazole rings is 1. The summed E-state index contributed by atoms with van der Waals surface area (Å²) in [6.45, 7) is 2.89. The smallest absolute Gasteiger partial charge is 0.191 e. The zero-order valence-electron chi connectivity index (χ0n) is 13.4. The molecule has 0 aliphatic heterocycles. The number of ether oxygens (including phenoxy) is 1. The predicted octanol–water partition coefficient (Wildman–Crippen LogP) is 3.00. The van der Waals surface area contributed by atoms with Crippen LogP contribution in [0.3, 0.4) is 0 Å². The third kappa shape index (κ3) is 3.10. The summed E-state index contributed by atoms with van der Waals surface area (Å²) in [6, 6.07) is 7.87. The van der Waals surface area contributed by atoms with Gasteiger partial charge in [-0.05, 0) is 19.1 Å². The second-order valence-corrected chi connectivity index (χ2v) is 5.94. The minimum absolute atomic E-state index is 0.757. The van der Waals surface area contributed by atoms with Crippen LogP contribution in [0.15, 0.2) is 41.8 Å². The van der Waals surface area contributed by atoms with Crippen LogP contribution >= 0.6 is 11.8 Å². The number of hydrogen-bond acceptors (Lipinski definition) is 5. The first-order chi connectivity index (χ1) is 11.2. The summed E-state index contributed by atoms with van der Waals surface area (Å²) < 4.78 is 9.56. The van der Waals surface area contributed by atoms with Gasteiger partial charge in [0.25, 0.3) is 0 Å². The SMILES string of the molecule is CCn1c(SCc2nccn2C)nnc1-c1ccccc1OC. The van der Waals surface area contributed by atoms with E-state index in [4.69, 9.17) is 4.74 Å². The van der Waals surface area contributed by atoms with Crippen molar-refractivity contribution < 1.29 is 4.74 Å². The molecule has 6 nitrogen and oxygen atoms in total. The number of hydrogen-bond donors (Lipinski definition) is 0. The molecule has 3 aromatic rings. The number of aromatic nitrogens is 5.